The highest BCUT2D eigenvalue weighted by Gasteiger charge is 2.41. The van der Waals surface area contributed by atoms with E-state index in [4.69, 9.17) is 4.74 Å². The fourth-order valence-corrected chi connectivity index (χ4v) is 4.29. The van der Waals surface area contributed by atoms with Gasteiger partial charge in [-0.25, -0.2) is 4.79 Å². The van der Waals surface area contributed by atoms with E-state index in [1.807, 2.05) is 6.92 Å². The topological polar surface area (TPSA) is 34.5 Å². The number of likely N-dealkylation sites (N-methyl/N-ethyl adjacent to an activating group) is 1. The van der Waals surface area contributed by atoms with E-state index in [1.165, 1.54) is 22.2 Å². The van der Waals surface area contributed by atoms with Crippen LogP contribution < -0.4 is 0 Å². The lowest BCUT2D eigenvalue weighted by Gasteiger charge is -2.43. The number of nitrogens with zero attached hydrogens (tertiary/aromatic N) is 2. The molecule has 0 N–H and O–H groups in total. The SMILES string of the molecule is CCOC(=O)C1=CC[C@H]2c3c(c4ccccc4n3C)C[C@H]1N2C. The monoisotopic (exact) mass is 310 g/mol. The lowest BCUT2D eigenvalue weighted by Crippen LogP contribution is -2.46. The highest BCUT2D eigenvalue weighted by Crippen LogP contribution is 2.44. The van der Waals surface area contributed by atoms with Crippen molar-refractivity contribution in [3.63, 3.8) is 0 Å². The molecular formula is C19H22N2O2. The summed E-state index contributed by atoms with van der Waals surface area (Å²) in [6, 6.07) is 9.01. The minimum atomic E-state index is -0.161. The van der Waals surface area contributed by atoms with Gasteiger partial charge in [0, 0.05) is 29.7 Å². The van der Waals surface area contributed by atoms with Crippen molar-refractivity contribution in [1.82, 2.24) is 9.47 Å². The van der Waals surface area contributed by atoms with Crippen molar-refractivity contribution in [2.75, 3.05) is 13.7 Å². The van der Waals surface area contributed by atoms with Crippen LogP contribution in [-0.2, 0) is 23.0 Å². The first-order valence-corrected chi connectivity index (χ1v) is 8.28. The van der Waals surface area contributed by atoms with Gasteiger partial charge < -0.3 is 9.30 Å². The van der Waals surface area contributed by atoms with Gasteiger partial charge in [0.05, 0.1) is 18.2 Å². The fourth-order valence-electron chi connectivity index (χ4n) is 4.29. The summed E-state index contributed by atoms with van der Waals surface area (Å²) in [4.78, 5) is 14.6. The number of carbonyl (C=O) groups excluding carboxylic acids is 1. The van der Waals surface area contributed by atoms with Crippen LogP contribution in [0.2, 0.25) is 0 Å². The molecule has 2 aliphatic rings. The molecule has 0 aliphatic carbocycles. The fraction of sp³-hybridized carbons (Fsp3) is 0.421. The van der Waals surface area contributed by atoms with Crippen LogP contribution in [0, 0.1) is 0 Å². The number of rotatable bonds is 2. The maximum Gasteiger partial charge on any atom is 0.335 e. The molecule has 0 amide bonds. The second kappa shape index (κ2) is 5.24. The number of benzene rings is 1. The zero-order chi connectivity index (χ0) is 16.1. The summed E-state index contributed by atoms with van der Waals surface area (Å²) in [5.74, 6) is -0.161. The Bertz CT molecular complexity index is 818. The van der Waals surface area contributed by atoms with Gasteiger partial charge in [-0.2, -0.15) is 0 Å². The van der Waals surface area contributed by atoms with E-state index in [9.17, 15) is 4.79 Å². The van der Waals surface area contributed by atoms with Crippen molar-refractivity contribution in [1.29, 1.82) is 0 Å². The summed E-state index contributed by atoms with van der Waals surface area (Å²) in [7, 11) is 4.28. The number of hydrogen-bond acceptors (Lipinski definition) is 3. The number of esters is 1. The van der Waals surface area contributed by atoms with Crippen LogP contribution in [0.1, 0.15) is 30.6 Å². The zero-order valence-corrected chi connectivity index (χ0v) is 13.9. The molecule has 2 aliphatic heterocycles. The standard InChI is InChI=1S/C19H22N2O2/c1-4-23-19(22)13-9-10-16-18-14(11-17(13)20(16)2)12-7-5-6-8-15(12)21(18)3/h5-9,16-17H,4,10-11H2,1-3H3/t16-,17+/m0/s1. The molecule has 2 bridgehead atoms. The average molecular weight is 310 g/mol. The van der Waals surface area contributed by atoms with E-state index in [0.717, 1.165) is 18.4 Å². The summed E-state index contributed by atoms with van der Waals surface area (Å²) in [5, 5.41) is 1.32. The van der Waals surface area contributed by atoms with Gasteiger partial charge in [0.1, 0.15) is 0 Å². The van der Waals surface area contributed by atoms with E-state index in [-0.39, 0.29) is 12.0 Å². The number of ether oxygens (including phenoxy) is 1. The molecule has 0 spiro atoms. The van der Waals surface area contributed by atoms with Gasteiger partial charge in [0.25, 0.3) is 0 Å². The Morgan fingerprint density at radius 1 is 1.26 bits per heavy atom. The molecule has 2 atom stereocenters. The van der Waals surface area contributed by atoms with Crippen molar-refractivity contribution >= 4 is 16.9 Å². The molecule has 4 nitrogen and oxygen atoms in total. The van der Waals surface area contributed by atoms with Crippen LogP contribution in [0.25, 0.3) is 10.9 Å². The molecule has 1 aromatic carbocycles. The van der Waals surface area contributed by atoms with E-state index in [1.54, 1.807) is 0 Å². The normalized spacial score (nSPS) is 23.5. The number of carbonyl (C=O) groups is 1. The number of para-hydroxylation sites is 1. The predicted octanol–water partition coefficient (Wildman–Crippen LogP) is 2.97. The number of aromatic nitrogens is 1. The number of aryl methyl sites for hydroxylation is 1. The highest BCUT2D eigenvalue weighted by atomic mass is 16.5. The van der Waals surface area contributed by atoms with E-state index >= 15 is 0 Å². The lowest BCUT2D eigenvalue weighted by molar-refractivity contribution is -0.139. The minimum Gasteiger partial charge on any atom is -0.463 e. The summed E-state index contributed by atoms with van der Waals surface area (Å²) >= 11 is 0. The van der Waals surface area contributed by atoms with Crippen LogP contribution in [0.3, 0.4) is 0 Å². The van der Waals surface area contributed by atoms with Gasteiger partial charge in [0.15, 0.2) is 0 Å². The van der Waals surface area contributed by atoms with Gasteiger partial charge in [-0.1, -0.05) is 24.3 Å². The van der Waals surface area contributed by atoms with Gasteiger partial charge in [-0.15, -0.1) is 0 Å². The molecule has 23 heavy (non-hydrogen) atoms. The van der Waals surface area contributed by atoms with Crippen molar-refractivity contribution in [3.8, 4) is 0 Å². The molecule has 1 aromatic heterocycles. The minimum absolute atomic E-state index is 0.117. The Hall–Kier alpha value is -2.07. The van der Waals surface area contributed by atoms with Crippen LogP contribution >= 0.6 is 0 Å². The third kappa shape index (κ3) is 1.98. The van der Waals surface area contributed by atoms with Crippen LogP contribution in [0.15, 0.2) is 35.9 Å². The lowest BCUT2D eigenvalue weighted by atomic mass is 9.82. The average Bonchev–Trinajstić information content (AvgIpc) is 2.81. The molecule has 4 rings (SSSR count). The van der Waals surface area contributed by atoms with E-state index in [0.29, 0.717) is 12.6 Å². The first-order chi connectivity index (χ1) is 11.1. The molecule has 2 aromatic rings. The maximum absolute atomic E-state index is 12.3. The highest BCUT2D eigenvalue weighted by molar-refractivity contribution is 5.91. The Kier molecular flexibility index (Phi) is 3.31. The molecule has 120 valence electrons. The molecule has 0 saturated heterocycles. The van der Waals surface area contributed by atoms with Gasteiger partial charge >= 0.3 is 5.97 Å². The first kappa shape index (κ1) is 14.5. The molecule has 3 heterocycles. The summed E-state index contributed by atoms with van der Waals surface area (Å²) in [5.41, 5.74) is 4.88. The van der Waals surface area contributed by atoms with Crippen molar-refractivity contribution < 1.29 is 9.53 Å². The van der Waals surface area contributed by atoms with Gasteiger partial charge in [0.2, 0.25) is 0 Å². The third-order valence-electron chi connectivity index (χ3n) is 5.39. The van der Waals surface area contributed by atoms with Crippen molar-refractivity contribution in [3.05, 3.63) is 47.2 Å². The molecule has 0 unspecified atom stereocenters. The van der Waals surface area contributed by atoms with Gasteiger partial charge in [-0.05, 0) is 38.4 Å². The van der Waals surface area contributed by atoms with E-state index < -0.39 is 0 Å². The molecular weight excluding hydrogens is 288 g/mol. The van der Waals surface area contributed by atoms with Gasteiger partial charge in [-0.3, -0.25) is 4.90 Å². The van der Waals surface area contributed by atoms with Crippen molar-refractivity contribution in [2.45, 2.75) is 31.8 Å². The quantitative estimate of drug-likeness (QED) is 0.800. The number of fused-ring (bicyclic) bond motifs is 6. The molecule has 4 heteroatoms. The smallest absolute Gasteiger partial charge is 0.335 e. The predicted molar refractivity (Wildman–Crippen MR) is 90.2 cm³/mol. The maximum atomic E-state index is 12.3. The van der Waals surface area contributed by atoms with Crippen LogP contribution in [0.5, 0.6) is 0 Å². The number of hydrogen-bond donors (Lipinski definition) is 0. The van der Waals surface area contributed by atoms with Crippen LogP contribution in [0.4, 0.5) is 0 Å². The Balaban J connectivity index is 1.84. The Morgan fingerprint density at radius 3 is 2.83 bits per heavy atom. The zero-order valence-electron chi connectivity index (χ0n) is 13.9. The largest absolute Gasteiger partial charge is 0.463 e. The first-order valence-electron chi connectivity index (χ1n) is 8.28. The Labute approximate surface area is 136 Å². The molecule has 0 saturated carbocycles. The summed E-state index contributed by atoms with van der Waals surface area (Å²) < 4.78 is 7.59. The molecule has 0 radical (unpaired) electrons. The second-order valence-electron chi connectivity index (χ2n) is 6.46. The second-order valence-corrected chi connectivity index (χ2v) is 6.46. The Morgan fingerprint density at radius 2 is 2.04 bits per heavy atom. The van der Waals surface area contributed by atoms with E-state index in [2.05, 4.69) is 53.9 Å². The summed E-state index contributed by atoms with van der Waals surface area (Å²) in [6.07, 6.45) is 3.82. The third-order valence-corrected chi connectivity index (χ3v) is 5.39. The van der Waals surface area contributed by atoms with Crippen LogP contribution in [-0.4, -0.2) is 35.1 Å². The van der Waals surface area contributed by atoms with Crippen molar-refractivity contribution in [2.24, 2.45) is 7.05 Å². The summed E-state index contributed by atoms with van der Waals surface area (Å²) in [6.45, 7) is 2.28. The molecule has 0 fully saturated rings.